The molecule has 4 aromatic rings. The van der Waals surface area contributed by atoms with Crippen molar-refractivity contribution in [3.63, 3.8) is 0 Å². The van der Waals surface area contributed by atoms with Crippen molar-refractivity contribution < 1.29 is 14.3 Å². The van der Waals surface area contributed by atoms with Gasteiger partial charge in [-0.3, -0.25) is 0 Å². The summed E-state index contributed by atoms with van der Waals surface area (Å²) in [5, 5.41) is 3.40. The summed E-state index contributed by atoms with van der Waals surface area (Å²) in [5.74, 6) is 0.935. The highest BCUT2D eigenvalue weighted by Gasteiger charge is 2.33. The highest BCUT2D eigenvalue weighted by atomic mass is 35.5. The fourth-order valence-corrected chi connectivity index (χ4v) is 4.71. The van der Waals surface area contributed by atoms with Gasteiger partial charge in [0.1, 0.15) is 11.5 Å². The molecule has 0 unspecified atom stereocenters. The third-order valence-corrected chi connectivity index (χ3v) is 6.35. The van der Waals surface area contributed by atoms with Crippen molar-refractivity contribution in [2.75, 3.05) is 19.5 Å². The van der Waals surface area contributed by atoms with Crippen LogP contribution < -0.4 is 14.8 Å². The van der Waals surface area contributed by atoms with Gasteiger partial charge < -0.3 is 24.3 Å². The van der Waals surface area contributed by atoms with Gasteiger partial charge in [-0.15, -0.1) is 0 Å². The van der Waals surface area contributed by atoms with Gasteiger partial charge in [-0.25, -0.2) is 4.79 Å². The molecule has 5 rings (SSSR count). The SMILES string of the molecule is COc1cc(OC)c(NC(=O)N2Cc3ccccc3-n3cccc3[C@@H]2c2ccccc2)cc1Cl. The number of benzene rings is 3. The van der Waals surface area contributed by atoms with Crippen LogP contribution in [0.5, 0.6) is 11.5 Å². The number of nitrogens with zero attached hydrogens (tertiary/aromatic N) is 2. The molecule has 1 aromatic heterocycles. The lowest BCUT2D eigenvalue weighted by molar-refractivity contribution is 0.194. The second-order valence-corrected chi connectivity index (χ2v) is 8.40. The van der Waals surface area contributed by atoms with E-state index in [1.165, 1.54) is 7.11 Å². The second kappa shape index (κ2) is 9.15. The molecule has 3 aromatic carbocycles. The van der Waals surface area contributed by atoms with Gasteiger partial charge in [0.15, 0.2) is 0 Å². The Labute approximate surface area is 203 Å². The van der Waals surface area contributed by atoms with Gasteiger partial charge in [0.25, 0.3) is 0 Å². The monoisotopic (exact) mass is 473 g/mol. The Morgan fingerprint density at radius 3 is 2.44 bits per heavy atom. The van der Waals surface area contributed by atoms with Crippen LogP contribution >= 0.6 is 11.6 Å². The zero-order chi connectivity index (χ0) is 23.7. The summed E-state index contributed by atoms with van der Waals surface area (Å²) >= 11 is 6.35. The van der Waals surface area contributed by atoms with Gasteiger partial charge in [-0.1, -0.05) is 60.1 Å². The van der Waals surface area contributed by atoms with Gasteiger partial charge in [0.05, 0.1) is 43.2 Å². The minimum Gasteiger partial charge on any atom is -0.495 e. The normalized spacial score (nSPS) is 14.6. The third kappa shape index (κ3) is 3.86. The van der Waals surface area contributed by atoms with E-state index in [1.54, 1.807) is 19.2 Å². The molecule has 2 heterocycles. The highest BCUT2D eigenvalue weighted by Crippen LogP contribution is 2.39. The van der Waals surface area contributed by atoms with Crippen molar-refractivity contribution in [1.82, 2.24) is 9.47 Å². The number of hydrogen-bond donors (Lipinski definition) is 1. The molecular formula is C27H24ClN3O3. The van der Waals surface area contributed by atoms with Crippen LogP contribution in [0.2, 0.25) is 5.02 Å². The lowest BCUT2D eigenvalue weighted by Gasteiger charge is -2.31. The molecule has 0 spiro atoms. The zero-order valence-corrected chi connectivity index (χ0v) is 19.6. The van der Waals surface area contributed by atoms with E-state index in [-0.39, 0.29) is 12.1 Å². The lowest BCUT2D eigenvalue weighted by Crippen LogP contribution is -2.38. The van der Waals surface area contributed by atoms with Gasteiger partial charge in [0.2, 0.25) is 0 Å². The van der Waals surface area contributed by atoms with Crippen molar-refractivity contribution in [2.45, 2.75) is 12.6 Å². The molecule has 7 heteroatoms. The van der Waals surface area contributed by atoms with Crippen molar-refractivity contribution >= 4 is 23.3 Å². The largest absolute Gasteiger partial charge is 0.495 e. The molecule has 0 aliphatic carbocycles. The maximum absolute atomic E-state index is 13.9. The molecular weight excluding hydrogens is 450 g/mol. The Morgan fingerprint density at radius 2 is 1.68 bits per heavy atom. The highest BCUT2D eigenvalue weighted by molar-refractivity contribution is 6.32. The number of rotatable bonds is 4. The number of ether oxygens (including phenoxy) is 2. The summed E-state index contributed by atoms with van der Waals surface area (Å²) in [6, 6.07) is 25.0. The first-order valence-corrected chi connectivity index (χ1v) is 11.3. The molecule has 0 radical (unpaired) electrons. The van der Waals surface area contributed by atoms with Crippen molar-refractivity contribution in [3.8, 4) is 17.2 Å². The summed E-state index contributed by atoms with van der Waals surface area (Å²) in [6.45, 7) is 0.426. The molecule has 0 fully saturated rings. The number of aromatic nitrogens is 1. The summed E-state index contributed by atoms with van der Waals surface area (Å²) in [5.41, 5.74) is 4.60. The maximum atomic E-state index is 13.9. The van der Waals surface area contributed by atoms with Gasteiger partial charge in [-0.05, 0) is 35.4 Å². The number of fused-ring (bicyclic) bond motifs is 3. The van der Waals surface area contributed by atoms with E-state index in [9.17, 15) is 4.79 Å². The first kappa shape index (κ1) is 21.9. The number of hydrogen-bond acceptors (Lipinski definition) is 3. The minimum atomic E-state index is -0.302. The first-order valence-electron chi connectivity index (χ1n) is 10.9. The first-order chi connectivity index (χ1) is 16.6. The molecule has 6 nitrogen and oxygen atoms in total. The van der Waals surface area contributed by atoms with E-state index < -0.39 is 0 Å². The van der Waals surface area contributed by atoms with E-state index in [0.717, 1.165) is 22.5 Å². The number of methoxy groups -OCH3 is 2. The van der Waals surface area contributed by atoms with Crippen molar-refractivity contribution in [3.05, 3.63) is 107 Å². The fourth-order valence-electron chi connectivity index (χ4n) is 4.47. The number of amides is 2. The van der Waals surface area contributed by atoms with E-state index in [0.29, 0.717) is 28.8 Å². The molecule has 1 aliphatic heterocycles. The quantitative estimate of drug-likeness (QED) is 0.379. The zero-order valence-electron chi connectivity index (χ0n) is 18.9. The summed E-state index contributed by atoms with van der Waals surface area (Å²) in [6.07, 6.45) is 2.04. The molecule has 0 saturated carbocycles. The predicted octanol–water partition coefficient (Wildman–Crippen LogP) is 6.29. The smallest absolute Gasteiger partial charge is 0.323 e. The van der Waals surface area contributed by atoms with E-state index in [2.05, 4.69) is 28.1 Å². The minimum absolute atomic E-state index is 0.266. The molecule has 1 atom stereocenters. The lowest BCUT2D eigenvalue weighted by atomic mass is 10.0. The number of anilines is 1. The van der Waals surface area contributed by atoms with Crippen molar-refractivity contribution in [2.24, 2.45) is 0 Å². The molecule has 0 saturated heterocycles. The number of para-hydroxylation sites is 1. The standard InChI is InChI=1S/C27H24ClN3O3/c1-33-24-16-25(34-2)21(15-20(24)28)29-27(32)31-17-19-11-6-7-12-22(19)30-14-8-13-23(30)26(31)18-9-4-3-5-10-18/h3-16,26H,17H2,1-2H3,(H,29,32)/t26-/m0/s1. The van der Waals surface area contributed by atoms with Crippen LogP contribution in [0.25, 0.3) is 5.69 Å². The van der Waals surface area contributed by atoms with Crippen LogP contribution in [-0.4, -0.2) is 29.7 Å². The predicted molar refractivity (Wildman–Crippen MR) is 133 cm³/mol. The molecule has 34 heavy (non-hydrogen) atoms. The Hall–Kier alpha value is -3.90. The number of carbonyl (C=O) groups excluding carboxylic acids is 1. The molecule has 0 bridgehead atoms. The summed E-state index contributed by atoms with van der Waals surface area (Å²) in [7, 11) is 3.08. The Balaban J connectivity index is 1.61. The molecule has 172 valence electrons. The second-order valence-electron chi connectivity index (χ2n) is 7.99. The van der Waals surface area contributed by atoms with E-state index >= 15 is 0 Å². The number of urea groups is 1. The average molecular weight is 474 g/mol. The Bertz CT molecular complexity index is 1340. The average Bonchev–Trinajstić information content (AvgIpc) is 3.29. The molecule has 2 amide bonds. The summed E-state index contributed by atoms with van der Waals surface area (Å²) in [4.78, 5) is 15.7. The fraction of sp³-hybridized carbons (Fsp3) is 0.148. The Morgan fingerprint density at radius 1 is 0.941 bits per heavy atom. The van der Waals surface area contributed by atoms with Crippen LogP contribution in [0.1, 0.15) is 22.9 Å². The number of nitrogens with one attached hydrogen (secondary N) is 1. The van der Waals surface area contributed by atoms with Crippen LogP contribution in [0.3, 0.4) is 0 Å². The number of halogens is 1. The van der Waals surface area contributed by atoms with Crippen LogP contribution in [0.15, 0.2) is 85.1 Å². The summed E-state index contributed by atoms with van der Waals surface area (Å²) < 4.78 is 12.9. The van der Waals surface area contributed by atoms with Crippen molar-refractivity contribution in [1.29, 1.82) is 0 Å². The topological polar surface area (TPSA) is 55.7 Å². The maximum Gasteiger partial charge on any atom is 0.323 e. The van der Waals surface area contributed by atoms with E-state index in [1.807, 2.05) is 59.6 Å². The van der Waals surface area contributed by atoms with Gasteiger partial charge in [-0.2, -0.15) is 0 Å². The van der Waals surface area contributed by atoms with Gasteiger partial charge >= 0.3 is 6.03 Å². The van der Waals surface area contributed by atoms with E-state index in [4.69, 9.17) is 21.1 Å². The van der Waals surface area contributed by atoms with Crippen LogP contribution in [0, 0.1) is 0 Å². The molecule has 1 N–H and O–H groups in total. The Kier molecular flexibility index (Phi) is 5.90. The van der Waals surface area contributed by atoms with Gasteiger partial charge in [0, 0.05) is 18.0 Å². The molecule has 1 aliphatic rings. The third-order valence-electron chi connectivity index (χ3n) is 6.06. The van der Waals surface area contributed by atoms with Crippen LogP contribution in [-0.2, 0) is 6.54 Å². The number of carbonyl (C=O) groups is 1. The van der Waals surface area contributed by atoms with Crippen LogP contribution in [0.4, 0.5) is 10.5 Å².